The maximum absolute atomic E-state index is 13.7. The van der Waals surface area contributed by atoms with Gasteiger partial charge in [-0.25, -0.2) is 13.2 Å². The SMILES string of the molecule is O=c1[nH]c2c(N3CCN(CC[C@@H]4CCCN4S(=O)(=O)c4cccc5ncccc45)CC3)cccc2o1. The summed E-state index contributed by atoms with van der Waals surface area (Å²) < 4.78 is 34.2. The largest absolute Gasteiger partial charge is 0.417 e. The Morgan fingerprint density at radius 1 is 1.00 bits per heavy atom. The standard InChI is InChI=1S/C26H29N5O4S/c32-26-28-25-22(8-2-9-23(25)35-26)30-17-15-29(16-18-30)14-11-19-5-4-13-31(19)36(33,34)24-10-1-7-21-20(24)6-3-12-27-21/h1-3,6-10,12,19H,4-5,11,13-18H2,(H,28,32)/t19-/m0/s1. The zero-order valence-electron chi connectivity index (χ0n) is 20.0. The van der Waals surface area contributed by atoms with Gasteiger partial charge in [0.25, 0.3) is 0 Å². The lowest BCUT2D eigenvalue weighted by Gasteiger charge is -2.37. The Morgan fingerprint density at radius 2 is 1.83 bits per heavy atom. The fourth-order valence-corrected chi connectivity index (χ4v) is 7.53. The van der Waals surface area contributed by atoms with Crippen molar-refractivity contribution in [3.8, 4) is 0 Å². The van der Waals surface area contributed by atoms with Gasteiger partial charge in [0.05, 0.1) is 16.1 Å². The van der Waals surface area contributed by atoms with Gasteiger partial charge in [0.15, 0.2) is 5.58 Å². The summed E-state index contributed by atoms with van der Waals surface area (Å²) in [5.74, 6) is -0.438. The third kappa shape index (κ3) is 4.19. The number of nitrogens with zero attached hydrogens (tertiary/aromatic N) is 4. The van der Waals surface area contributed by atoms with Crippen molar-refractivity contribution < 1.29 is 12.8 Å². The number of fused-ring (bicyclic) bond motifs is 2. The normalized spacial score (nSPS) is 20.0. The monoisotopic (exact) mass is 507 g/mol. The molecule has 2 fully saturated rings. The van der Waals surface area contributed by atoms with Crippen LogP contribution in [0.1, 0.15) is 19.3 Å². The number of oxazole rings is 1. The summed E-state index contributed by atoms with van der Waals surface area (Å²) in [5, 5.41) is 0.677. The summed E-state index contributed by atoms with van der Waals surface area (Å²) in [4.78, 5) is 23.8. The minimum atomic E-state index is -3.60. The number of hydrogen-bond donors (Lipinski definition) is 1. The van der Waals surface area contributed by atoms with Crippen LogP contribution in [0, 0.1) is 0 Å². The molecule has 1 atom stereocenters. The van der Waals surface area contributed by atoms with E-state index in [1.165, 1.54) is 0 Å². The first-order valence-electron chi connectivity index (χ1n) is 12.5. The van der Waals surface area contributed by atoms with Gasteiger partial charge in [-0.05, 0) is 62.2 Å². The highest BCUT2D eigenvalue weighted by Crippen LogP contribution is 2.32. The molecule has 9 nitrogen and oxygen atoms in total. The Labute approximate surface area is 209 Å². The molecular formula is C26H29N5O4S. The lowest BCUT2D eigenvalue weighted by molar-refractivity contribution is 0.232. The number of pyridine rings is 1. The Hall–Kier alpha value is -3.21. The quantitative estimate of drug-likeness (QED) is 0.428. The van der Waals surface area contributed by atoms with Gasteiger partial charge in [0.2, 0.25) is 10.0 Å². The van der Waals surface area contributed by atoms with Crippen LogP contribution in [0.2, 0.25) is 0 Å². The highest BCUT2D eigenvalue weighted by Gasteiger charge is 2.36. The van der Waals surface area contributed by atoms with Gasteiger partial charge in [-0.1, -0.05) is 12.1 Å². The van der Waals surface area contributed by atoms with E-state index < -0.39 is 15.8 Å². The molecule has 36 heavy (non-hydrogen) atoms. The maximum atomic E-state index is 13.7. The number of benzene rings is 2. The number of rotatable bonds is 6. The molecule has 0 bridgehead atoms. The van der Waals surface area contributed by atoms with Crippen LogP contribution in [0.4, 0.5) is 5.69 Å². The predicted molar refractivity (Wildman–Crippen MR) is 139 cm³/mol. The van der Waals surface area contributed by atoms with Crippen LogP contribution in [0.15, 0.2) is 68.8 Å². The molecule has 2 aliphatic rings. The van der Waals surface area contributed by atoms with Crippen LogP contribution < -0.4 is 10.7 Å². The maximum Gasteiger partial charge on any atom is 0.417 e. The van der Waals surface area contributed by atoms with Crippen molar-refractivity contribution in [3.05, 3.63) is 65.3 Å². The molecule has 0 saturated carbocycles. The molecule has 2 aliphatic heterocycles. The minimum absolute atomic E-state index is 0.00436. The molecular weight excluding hydrogens is 478 g/mol. The minimum Gasteiger partial charge on any atom is -0.408 e. The van der Waals surface area contributed by atoms with Crippen molar-refractivity contribution in [2.24, 2.45) is 0 Å². The molecule has 2 aromatic heterocycles. The number of aromatic nitrogens is 2. The third-order valence-corrected chi connectivity index (χ3v) is 9.45. The summed E-state index contributed by atoms with van der Waals surface area (Å²) >= 11 is 0. The summed E-state index contributed by atoms with van der Waals surface area (Å²) in [6.07, 6.45) is 4.27. The molecule has 0 aliphatic carbocycles. The van der Waals surface area contributed by atoms with Crippen LogP contribution in [0.5, 0.6) is 0 Å². The van der Waals surface area contributed by atoms with Crippen LogP contribution in [-0.4, -0.2) is 72.9 Å². The summed E-state index contributed by atoms with van der Waals surface area (Å²) in [5.41, 5.74) is 2.99. The molecule has 188 valence electrons. The van der Waals surface area contributed by atoms with Gasteiger partial charge < -0.3 is 9.32 Å². The number of para-hydroxylation sites is 1. The second-order valence-corrected chi connectivity index (χ2v) is 11.4. The van der Waals surface area contributed by atoms with Gasteiger partial charge in [-0.2, -0.15) is 4.31 Å². The van der Waals surface area contributed by atoms with Crippen molar-refractivity contribution in [1.29, 1.82) is 0 Å². The van der Waals surface area contributed by atoms with Crippen LogP contribution >= 0.6 is 0 Å². The van der Waals surface area contributed by atoms with Crippen LogP contribution in [0.25, 0.3) is 22.0 Å². The number of piperazine rings is 1. The number of aromatic amines is 1. The van der Waals surface area contributed by atoms with E-state index in [2.05, 4.69) is 19.8 Å². The second-order valence-electron chi connectivity index (χ2n) is 9.52. The Morgan fingerprint density at radius 3 is 2.69 bits per heavy atom. The van der Waals surface area contributed by atoms with Gasteiger partial charge in [0, 0.05) is 50.3 Å². The third-order valence-electron chi connectivity index (χ3n) is 7.44. The summed E-state index contributed by atoms with van der Waals surface area (Å²) in [6.45, 7) is 4.85. The Kier molecular flexibility index (Phi) is 6.02. The molecule has 0 radical (unpaired) electrons. The first-order chi connectivity index (χ1) is 17.5. The molecule has 4 aromatic rings. The number of nitrogens with one attached hydrogen (secondary N) is 1. The van der Waals surface area contributed by atoms with Crippen molar-refractivity contribution >= 4 is 37.7 Å². The van der Waals surface area contributed by atoms with E-state index in [1.807, 2.05) is 24.3 Å². The molecule has 0 spiro atoms. The van der Waals surface area contributed by atoms with Gasteiger partial charge in [0.1, 0.15) is 5.52 Å². The number of sulfonamides is 1. The van der Waals surface area contributed by atoms with Crippen molar-refractivity contribution in [1.82, 2.24) is 19.2 Å². The van der Waals surface area contributed by atoms with E-state index in [-0.39, 0.29) is 6.04 Å². The first-order valence-corrected chi connectivity index (χ1v) is 13.9. The van der Waals surface area contributed by atoms with E-state index in [9.17, 15) is 13.2 Å². The Bertz CT molecular complexity index is 1550. The van der Waals surface area contributed by atoms with Crippen molar-refractivity contribution in [3.63, 3.8) is 0 Å². The molecule has 4 heterocycles. The number of H-pyrrole nitrogens is 1. The van der Waals surface area contributed by atoms with E-state index in [0.29, 0.717) is 27.9 Å². The molecule has 0 amide bonds. The lowest BCUT2D eigenvalue weighted by atomic mass is 10.1. The van der Waals surface area contributed by atoms with Gasteiger partial charge in [-0.3, -0.25) is 14.9 Å². The predicted octanol–water partition coefficient (Wildman–Crippen LogP) is 3.03. The van der Waals surface area contributed by atoms with Crippen molar-refractivity contribution in [2.45, 2.75) is 30.2 Å². The average molecular weight is 508 g/mol. The molecule has 10 heteroatoms. The lowest BCUT2D eigenvalue weighted by Crippen LogP contribution is -2.47. The van der Waals surface area contributed by atoms with E-state index >= 15 is 0 Å². The average Bonchev–Trinajstić information content (AvgIpc) is 3.53. The van der Waals surface area contributed by atoms with Crippen molar-refractivity contribution in [2.75, 3.05) is 44.2 Å². The van der Waals surface area contributed by atoms with Gasteiger partial charge in [-0.15, -0.1) is 0 Å². The van der Waals surface area contributed by atoms with E-state index in [0.717, 1.165) is 63.2 Å². The van der Waals surface area contributed by atoms with Crippen LogP contribution in [-0.2, 0) is 10.0 Å². The topological polar surface area (TPSA) is 103 Å². The van der Waals surface area contributed by atoms with Crippen LogP contribution in [0.3, 0.4) is 0 Å². The fourth-order valence-electron chi connectivity index (χ4n) is 5.61. The zero-order valence-corrected chi connectivity index (χ0v) is 20.8. The summed E-state index contributed by atoms with van der Waals surface area (Å²) in [6, 6.07) is 14.6. The molecule has 0 unspecified atom stereocenters. The smallest absolute Gasteiger partial charge is 0.408 e. The fraction of sp³-hybridized carbons (Fsp3) is 0.385. The highest BCUT2D eigenvalue weighted by atomic mass is 32.2. The number of anilines is 1. The molecule has 6 rings (SSSR count). The zero-order chi connectivity index (χ0) is 24.7. The molecule has 1 N–H and O–H groups in total. The molecule has 2 aromatic carbocycles. The van der Waals surface area contributed by atoms with E-state index in [1.54, 1.807) is 34.8 Å². The van der Waals surface area contributed by atoms with Gasteiger partial charge >= 0.3 is 5.76 Å². The summed E-state index contributed by atoms with van der Waals surface area (Å²) in [7, 11) is -3.60. The van der Waals surface area contributed by atoms with E-state index in [4.69, 9.17) is 4.42 Å². The first kappa shape index (κ1) is 23.2. The Balaban J connectivity index is 1.11. The highest BCUT2D eigenvalue weighted by molar-refractivity contribution is 7.89. The molecule has 2 saturated heterocycles. The second kappa shape index (κ2) is 9.34. The number of hydrogen-bond acceptors (Lipinski definition) is 7.